The Bertz CT molecular complexity index is 928. The quantitative estimate of drug-likeness (QED) is 0.610. The van der Waals surface area contributed by atoms with E-state index in [0.717, 1.165) is 29.1 Å². The number of hydrogen-bond acceptors (Lipinski definition) is 5. The van der Waals surface area contributed by atoms with Crippen LogP contribution in [0.3, 0.4) is 0 Å². The smallest absolute Gasteiger partial charge is 0.310 e. The van der Waals surface area contributed by atoms with Crippen molar-refractivity contribution in [3.05, 3.63) is 62.1 Å². The SMILES string of the molecule is CS(=O)(=O)c1cccc(NC2CCc3cc(Br)ccc32)c1[N+](=O)[O-]. The van der Waals surface area contributed by atoms with Gasteiger partial charge < -0.3 is 5.32 Å². The largest absolute Gasteiger partial charge is 0.373 e. The third-order valence-corrected chi connectivity index (χ3v) is 5.72. The van der Waals surface area contributed by atoms with Crippen LogP contribution < -0.4 is 5.32 Å². The molecule has 6 nitrogen and oxygen atoms in total. The number of nitrogens with one attached hydrogen (secondary N) is 1. The van der Waals surface area contributed by atoms with Crippen LogP contribution >= 0.6 is 15.9 Å². The highest BCUT2D eigenvalue weighted by Crippen LogP contribution is 2.39. The van der Waals surface area contributed by atoms with E-state index in [4.69, 9.17) is 0 Å². The lowest BCUT2D eigenvalue weighted by molar-refractivity contribution is -0.386. The van der Waals surface area contributed by atoms with Crippen LogP contribution in [0.4, 0.5) is 11.4 Å². The fourth-order valence-electron chi connectivity index (χ4n) is 3.05. The summed E-state index contributed by atoms with van der Waals surface area (Å²) in [4.78, 5) is 10.5. The van der Waals surface area contributed by atoms with Crippen molar-refractivity contribution in [2.75, 3.05) is 11.6 Å². The van der Waals surface area contributed by atoms with E-state index >= 15 is 0 Å². The molecule has 0 bridgehead atoms. The van der Waals surface area contributed by atoms with E-state index in [1.54, 1.807) is 6.07 Å². The number of benzene rings is 2. The number of sulfone groups is 1. The lowest BCUT2D eigenvalue weighted by Gasteiger charge is -2.16. The average Bonchev–Trinajstić information content (AvgIpc) is 2.88. The normalized spacial score (nSPS) is 16.7. The molecular formula is C16H15BrN2O4S. The van der Waals surface area contributed by atoms with Crippen LogP contribution in [0.5, 0.6) is 0 Å². The summed E-state index contributed by atoms with van der Waals surface area (Å²) in [6.45, 7) is 0. The second kappa shape index (κ2) is 6.18. The van der Waals surface area contributed by atoms with Gasteiger partial charge in [-0.15, -0.1) is 0 Å². The van der Waals surface area contributed by atoms with Gasteiger partial charge in [0.1, 0.15) is 10.6 Å². The molecule has 0 aromatic heterocycles. The summed E-state index contributed by atoms with van der Waals surface area (Å²) in [5.74, 6) is 0. The van der Waals surface area contributed by atoms with Crippen LogP contribution in [0.15, 0.2) is 45.8 Å². The van der Waals surface area contributed by atoms with Crippen molar-refractivity contribution in [2.45, 2.75) is 23.8 Å². The standard InChI is InChI=1S/C16H15BrN2O4S/c1-24(22,23)15-4-2-3-14(16(15)19(20)21)18-13-8-5-10-9-11(17)6-7-12(10)13/h2-4,6-7,9,13,18H,5,8H2,1H3. The summed E-state index contributed by atoms with van der Waals surface area (Å²) in [6, 6.07) is 10.2. The van der Waals surface area contributed by atoms with Crippen molar-refractivity contribution in [3.8, 4) is 0 Å². The first-order valence-electron chi connectivity index (χ1n) is 7.29. The molecule has 126 valence electrons. The summed E-state index contributed by atoms with van der Waals surface area (Å²) >= 11 is 3.44. The Balaban J connectivity index is 2.02. The second-order valence-electron chi connectivity index (χ2n) is 5.76. The van der Waals surface area contributed by atoms with Crippen molar-refractivity contribution in [2.24, 2.45) is 0 Å². The fraction of sp³-hybridized carbons (Fsp3) is 0.250. The maximum Gasteiger partial charge on any atom is 0.310 e. The summed E-state index contributed by atoms with van der Waals surface area (Å²) in [5, 5.41) is 14.6. The van der Waals surface area contributed by atoms with Gasteiger partial charge in [-0.3, -0.25) is 10.1 Å². The zero-order chi connectivity index (χ0) is 17.5. The minimum Gasteiger partial charge on any atom is -0.373 e. The summed E-state index contributed by atoms with van der Waals surface area (Å²) < 4.78 is 24.7. The molecule has 0 saturated heterocycles. The van der Waals surface area contributed by atoms with Crippen molar-refractivity contribution < 1.29 is 13.3 Å². The second-order valence-corrected chi connectivity index (χ2v) is 8.66. The van der Waals surface area contributed by atoms with Crippen LogP contribution in [0.1, 0.15) is 23.6 Å². The molecular weight excluding hydrogens is 396 g/mol. The Labute approximate surface area is 148 Å². The third-order valence-electron chi connectivity index (χ3n) is 4.09. The topological polar surface area (TPSA) is 89.3 Å². The summed E-state index contributed by atoms with van der Waals surface area (Å²) in [5.41, 5.74) is 2.09. The van der Waals surface area contributed by atoms with Crippen molar-refractivity contribution in [1.29, 1.82) is 0 Å². The van der Waals surface area contributed by atoms with Crippen LogP contribution in [0.2, 0.25) is 0 Å². The molecule has 1 atom stereocenters. The number of nitrogens with zero attached hydrogens (tertiary/aromatic N) is 1. The number of hydrogen-bond donors (Lipinski definition) is 1. The minimum atomic E-state index is -3.69. The van der Waals surface area contributed by atoms with Gasteiger partial charge in [-0.05, 0) is 48.2 Å². The van der Waals surface area contributed by atoms with Crippen LogP contribution in [0, 0.1) is 10.1 Å². The van der Waals surface area contributed by atoms with Gasteiger partial charge in [-0.2, -0.15) is 0 Å². The number of fused-ring (bicyclic) bond motifs is 1. The van der Waals surface area contributed by atoms with E-state index in [0.29, 0.717) is 0 Å². The molecule has 1 aliphatic carbocycles. The van der Waals surface area contributed by atoms with Gasteiger partial charge in [0.15, 0.2) is 9.84 Å². The van der Waals surface area contributed by atoms with Gasteiger partial charge >= 0.3 is 5.69 Å². The predicted molar refractivity (Wildman–Crippen MR) is 95.0 cm³/mol. The summed E-state index contributed by atoms with van der Waals surface area (Å²) in [7, 11) is -3.69. The molecule has 8 heteroatoms. The maximum absolute atomic E-state index is 11.8. The third kappa shape index (κ3) is 3.16. The molecule has 0 aliphatic heterocycles. The maximum atomic E-state index is 11.8. The number of halogens is 1. The molecule has 24 heavy (non-hydrogen) atoms. The van der Waals surface area contributed by atoms with E-state index in [2.05, 4.69) is 21.2 Å². The molecule has 1 aliphatic rings. The average molecular weight is 411 g/mol. The predicted octanol–water partition coefficient (Wildman–Crippen LogP) is 3.86. The van der Waals surface area contributed by atoms with Crippen LogP contribution in [-0.2, 0) is 16.3 Å². The highest BCUT2D eigenvalue weighted by molar-refractivity contribution is 9.10. The Morgan fingerprint density at radius 3 is 2.71 bits per heavy atom. The molecule has 0 spiro atoms. The zero-order valence-electron chi connectivity index (χ0n) is 12.8. The van der Waals surface area contributed by atoms with Crippen molar-refractivity contribution in [3.63, 3.8) is 0 Å². The van der Waals surface area contributed by atoms with E-state index in [1.165, 1.54) is 17.7 Å². The lowest BCUT2D eigenvalue weighted by Crippen LogP contribution is -2.11. The Kier molecular flexibility index (Phi) is 4.35. The first-order valence-corrected chi connectivity index (χ1v) is 9.98. The molecule has 2 aromatic rings. The van der Waals surface area contributed by atoms with Gasteiger partial charge in [-0.25, -0.2) is 8.42 Å². The van der Waals surface area contributed by atoms with Gasteiger partial charge in [-0.1, -0.05) is 28.1 Å². The van der Waals surface area contributed by atoms with Crippen molar-refractivity contribution in [1.82, 2.24) is 0 Å². The molecule has 0 saturated carbocycles. The molecule has 2 aromatic carbocycles. The molecule has 1 unspecified atom stereocenters. The van der Waals surface area contributed by atoms with Gasteiger partial charge in [0, 0.05) is 10.7 Å². The van der Waals surface area contributed by atoms with Gasteiger partial charge in [0.25, 0.3) is 0 Å². The van der Waals surface area contributed by atoms with Gasteiger partial charge in [0.05, 0.1) is 11.0 Å². The minimum absolute atomic E-state index is 0.0818. The Morgan fingerprint density at radius 2 is 2.04 bits per heavy atom. The van der Waals surface area contributed by atoms with Gasteiger partial charge in [0.2, 0.25) is 0 Å². The molecule has 0 amide bonds. The van der Waals surface area contributed by atoms with E-state index < -0.39 is 20.4 Å². The number of para-hydroxylation sites is 1. The lowest BCUT2D eigenvalue weighted by atomic mass is 10.1. The zero-order valence-corrected chi connectivity index (χ0v) is 15.2. The molecule has 0 radical (unpaired) electrons. The number of rotatable bonds is 4. The monoisotopic (exact) mass is 410 g/mol. The van der Waals surface area contributed by atoms with Crippen molar-refractivity contribution >= 4 is 37.1 Å². The van der Waals surface area contributed by atoms with Crippen LogP contribution in [0.25, 0.3) is 0 Å². The number of anilines is 1. The highest BCUT2D eigenvalue weighted by atomic mass is 79.9. The molecule has 3 rings (SSSR count). The highest BCUT2D eigenvalue weighted by Gasteiger charge is 2.29. The number of aryl methyl sites for hydroxylation is 1. The van der Waals surface area contributed by atoms with E-state index in [9.17, 15) is 18.5 Å². The first kappa shape index (κ1) is 16.9. The van der Waals surface area contributed by atoms with Crippen LogP contribution in [-0.4, -0.2) is 19.6 Å². The van der Waals surface area contributed by atoms with E-state index in [-0.39, 0.29) is 16.6 Å². The molecule has 0 fully saturated rings. The Hall–Kier alpha value is -1.93. The number of nitro benzene ring substituents is 1. The first-order chi connectivity index (χ1) is 11.3. The van der Waals surface area contributed by atoms with E-state index in [1.807, 2.05) is 18.2 Å². The molecule has 0 heterocycles. The number of nitro groups is 1. The summed E-state index contributed by atoms with van der Waals surface area (Å²) in [6.07, 6.45) is 2.64. The Morgan fingerprint density at radius 1 is 1.29 bits per heavy atom. The molecule has 1 N–H and O–H groups in total. The fourth-order valence-corrected chi connectivity index (χ4v) is 4.32.